The van der Waals surface area contributed by atoms with Crippen molar-refractivity contribution in [3.8, 4) is 11.4 Å². The first-order valence-corrected chi connectivity index (χ1v) is 11.7. The summed E-state index contributed by atoms with van der Waals surface area (Å²) in [6.07, 6.45) is 6.09. The summed E-state index contributed by atoms with van der Waals surface area (Å²) in [6, 6.07) is 3.87. The third-order valence-electron chi connectivity index (χ3n) is 4.73. The topological polar surface area (TPSA) is 107 Å². The van der Waals surface area contributed by atoms with Crippen molar-refractivity contribution in [2.75, 3.05) is 11.5 Å². The van der Waals surface area contributed by atoms with Crippen LogP contribution >= 0.6 is 11.8 Å². The molecule has 2 aliphatic rings. The van der Waals surface area contributed by atoms with Crippen molar-refractivity contribution in [3.63, 3.8) is 0 Å². The molecule has 1 aliphatic heterocycles. The van der Waals surface area contributed by atoms with Crippen molar-refractivity contribution in [2.45, 2.75) is 48.7 Å². The van der Waals surface area contributed by atoms with Crippen molar-refractivity contribution >= 4 is 27.5 Å². The molecule has 8 nitrogen and oxygen atoms in total. The Bertz CT molecular complexity index is 941. The molecule has 27 heavy (non-hydrogen) atoms. The number of thioether (sulfide) groups is 1. The Labute approximate surface area is 162 Å². The van der Waals surface area contributed by atoms with E-state index in [0.717, 1.165) is 24.2 Å². The lowest BCUT2D eigenvalue weighted by Gasteiger charge is -2.16. The van der Waals surface area contributed by atoms with Crippen molar-refractivity contribution in [1.29, 1.82) is 0 Å². The molecule has 0 bridgehead atoms. The van der Waals surface area contributed by atoms with Crippen LogP contribution in [0.3, 0.4) is 0 Å². The number of hydrogen-bond acceptors (Lipinski definition) is 7. The maximum Gasteiger partial charge on any atom is 0.233 e. The van der Waals surface area contributed by atoms with Gasteiger partial charge in [-0.3, -0.25) is 14.3 Å². The number of nitrogens with zero attached hydrogens (tertiary/aromatic N) is 4. The zero-order chi connectivity index (χ0) is 19.0. The lowest BCUT2D eigenvalue weighted by Crippen LogP contribution is -2.40. The van der Waals surface area contributed by atoms with E-state index in [-0.39, 0.29) is 23.5 Å². The van der Waals surface area contributed by atoms with Gasteiger partial charge in [-0.1, -0.05) is 11.8 Å². The monoisotopic (exact) mass is 407 g/mol. The van der Waals surface area contributed by atoms with E-state index < -0.39 is 15.1 Å². The minimum Gasteiger partial charge on any atom is -0.351 e. The number of carbonyl (C=O) groups excluding carboxylic acids is 1. The molecule has 2 unspecified atom stereocenters. The number of aromatic nitrogens is 4. The molecule has 1 saturated heterocycles. The third-order valence-corrected chi connectivity index (χ3v) is 7.55. The smallest absolute Gasteiger partial charge is 0.233 e. The summed E-state index contributed by atoms with van der Waals surface area (Å²) in [5.41, 5.74) is 0.900. The second kappa shape index (κ2) is 7.23. The molecule has 1 amide bonds. The van der Waals surface area contributed by atoms with Crippen LogP contribution in [0, 0.1) is 0 Å². The van der Waals surface area contributed by atoms with E-state index in [2.05, 4.69) is 25.1 Å². The summed E-state index contributed by atoms with van der Waals surface area (Å²) < 4.78 is 25.2. The summed E-state index contributed by atoms with van der Waals surface area (Å²) in [5, 5.41) is 11.8. The molecule has 144 valence electrons. The minimum atomic E-state index is -3.02. The average Bonchev–Trinajstić information content (AvgIpc) is 3.31. The predicted molar refractivity (Wildman–Crippen MR) is 102 cm³/mol. The molecule has 3 heterocycles. The Morgan fingerprint density at radius 3 is 2.78 bits per heavy atom. The zero-order valence-electron chi connectivity index (χ0n) is 14.9. The number of carbonyl (C=O) groups is 1. The summed E-state index contributed by atoms with van der Waals surface area (Å²) in [4.78, 5) is 16.6. The fraction of sp³-hybridized carbons (Fsp3) is 0.529. The maximum absolute atomic E-state index is 12.5. The van der Waals surface area contributed by atoms with Crippen LogP contribution in [0.25, 0.3) is 11.4 Å². The van der Waals surface area contributed by atoms with Gasteiger partial charge in [0.25, 0.3) is 0 Å². The Kier molecular flexibility index (Phi) is 4.94. The summed E-state index contributed by atoms with van der Waals surface area (Å²) in [6.45, 7) is 1.80. The van der Waals surface area contributed by atoms with E-state index in [1.165, 1.54) is 11.8 Å². The Morgan fingerprint density at radius 2 is 2.15 bits per heavy atom. The first-order chi connectivity index (χ1) is 12.9. The van der Waals surface area contributed by atoms with Crippen LogP contribution < -0.4 is 5.32 Å². The second-order valence-corrected chi connectivity index (χ2v) is 10.6. The van der Waals surface area contributed by atoms with Crippen LogP contribution in [-0.4, -0.2) is 56.9 Å². The number of pyridine rings is 1. The van der Waals surface area contributed by atoms with Crippen molar-refractivity contribution < 1.29 is 13.2 Å². The lowest BCUT2D eigenvalue weighted by molar-refractivity contribution is -0.120. The highest BCUT2D eigenvalue weighted by Gasteiger charge is 2.33. The van der Waals surface area contributed by atoms with E-state index in [1.54, 1.807) is 19.3 Å². The SMILES string of the molecule is CC(Sc1nnc(-c2cccnc2)n1C1CC1)C(=O)NC1CCS(=O)(=O)C1. The quantitative estimate of drug-likeness (QED) is 0.722. The van der Waals surface area contributed by atoms with Gasteiger partial charge in [-0.2, -0.15) is 0 Å². The van der Waals surface area contributed by atoms with Crippen molar-refractivity contribution in [1.82, 2.24) is 25.1 Å². The lowest BCUT2D eigenvalue weighted by atomic mass is 10.2. The summed E-state index contributed by atoms with van der Waals surface area (Å²) in [5.74, 6) is 0.765. The van der Waals surface area contributed by atoms with Gasteiger partial charge in [0.1, 0.15) is 0 Å². The minimum absolute atomic E-state index is 0.0273. The molecule has 10 heteroatoms. The number of nitrogens with one attached hydrogen (secondary N) is 1. The number of hydrogen-bond donors (Lipinski definition) is 1. The molecule has 2 aromatic heterocycles. The molecule has 2 aromatic rings. The molecular formula is C17H21N5O3S2. The van der Waals surface area contributed by atoms with Crippen LogP contribution in [0.15, 0.2) is 29.7 Å². The number of rotatable bonds is 6. The van der Waals surface area contributed by atoms with Gasteiger partial charge in [-0.05, 0) is 38.3 Å². The van der Waals surface area contributed by atoms with Gasteiger partial charge in [-0.15, -0.1) is 10.2 Å². The van der Waals surface area contributed by atoms with E-state index in [0.29, 0.717) is 17.6 Å². The average molecular weight is 408 g/mol. The van der Waals surface area contributed by atoms with E-state index in [1.807, 2.05) is 12.1 Å². The summed E-state index contributed by atoms with van der Waals surface area (Å²) in [7, 11) is -3.02. The molecule has 1 aliphatic carbocycles. The highest BCUT2D eigenvalue weighted by atomic mass is 32.2. The van der Waals surface area contributed by atoms with E-state index in [4.69, 9.17) is 0 Å². The number of amides is 1. The van der Waals surface area contributed by atoms with Gasteiger partial charge in [0.05, 0.1) is 16.8 Å². The van der Waals surface area contributed by atoms with Crippen molar-refractivity contribution in [3.05, 3.63) is 24.5 Å². The third kappa shape index (κ3) is 4.16. The number of sulfone groups is 1. The predicted octanol–water partition coefficient (Wildman–Crippen LogP) is 1.46. The largest absolute Gasteiger partial charge is 0.351 e. The van der Waals surface area contributed by atoms with Crippen LogP contribution in [-0.2, 0) is 14.6 Å². The highest BCUT2D eigenvalue weighted by Crippen LogP contribution is 2.41. The van der Waals surface area contributed by atoms with Crippen LogP contribution in [0.1, 0.15) is 32.2 Å². The molecule has 4 rings (SSSR count). The molecule has 1 saturated carbocycles. The van der Waals surface area contributed by atoms with Gasteiger partial charge in [0.15, 0.2) is 20.8 Å². The van der Waals surface area contributed by atoms with Gasteiger partial charge in [-0.25, -0.2) is 8.42 Å². The highest BCUT2D eigenvalue weighted by molar-refractivity contribution is 8.00. The molecular weight excluding hydrogens is 386 g/mol. The second-order valence-electron chi connectivity index (χ2n) is 7.02. The standard InChI is InChI=1S/C17H21N5O3S2/c1-11(16(23)19-13-6-8-27(24,25)10-13)26-17-21-20-15(22(17)14-4-5-14)12-3-2-7-18-9-12/h2-3,7,9,11,13-14H,4-6,8,10H2,1H3,(H,19,23). The summed E-state index contributed by atoms with van der Waals surface area (Å²) >= 11 is 1.35. The molecule has 2 fully saturated rings. The van der Waals surface area contributed by atoms with Gasteiger partial charge in [0, 0.05) is 30.0 Å². The van der Waals surface area contributed by atoms with Crippen LogP contribution in [0.4, 0.5) is 0 Å². The van der Waals surface area contributed by atoms with Crippen molar-refractivity contribution in [2.24, 2.45) is 0 Å². The maximum atomic E-state index is 12.5. The van der Waals surface area contributed by atoms with Crippen LogP contribution in [0.5, 0.6) is 0 Å². The van der Waals surface area contributed by atoms with Gasteiger partial charge >= 0.3 is 0 Å². The Morgan fingerprint density at radius 1 is 1.33 bits per heavy atom. The van der Waals surface area contributed by atoms with E-state index >= 15 is 0 Å². The molecule has 1 N–H and O–H groups in total. The van der Waals surface area contributed by atoms with Gasteiger partial charge < -0.3 is 5.32 Å². The van der Waals surface area contributed by atoms with Gasteiger partial charge in [0.2, 0.25) is 5.91 Å². The molecule has 0 spiro atoms. The normalized spacial score (nSPS) is 22.5. The first kappa shape index (κ1) is 18.4. The van der Waals surface area contributed by atoms with Crippen LogP contribution in [0.2, 0.25) is 0 Å². The fourth-order valence-electron chi connectivity index (χ4n) is 3.15. The first-order valence-electron chi connectivity index (χ1n) is 8.96. The Hall–Kier alpha value is -1.94. The van der Waals surface area contributed by atoms with E-state index in [9.17, 15) is 13.2 Å². The molecule has 2 atom stereocenters. The molecule has 0 aromatic carbocycles. The zero-order valence-corrected chi connectivity index (χ0v) is 16.5. The fourth-order valence-corrected chi connectivity index (χ4v) is 5.75. The molecule has 0 radical (unpaired) electrons. The Balaban J connectivity index is 1.48.